The summed E-state index contributed by atoms with van der Waals surface area (Å²) in [6.07, 6.45) is 3.72. The molecule has 0 spiro atoms. The van der Waals surface area contributed by atoms with Crippen molar-refractivity contribution in [2.45, 2.75) is 38.7 Å². The Morgan fingerprint density at radius 3 is 2.30 bits per heavy atom. The minimum absolute atomic E-state index is 0.114. The van der Waals surface area contributed by atoms with Gasteiger partial charge >= 0.3 is 0 Å². The van der Waals surface area contributed by atoms with Gasteiger partial charge in [-0.15, -0.1) is 0 Å². The number of ether oxygens (including phenoxy) is 2. The Bertz CT molecular complexity index is 424. The van der Waals surface area contributed by atoms with Crippen molar-refractivity contribution in [3.05, 3.63) is 24.3 Å². The summed E-state index contributed by atoms with van der Waals surface area (Å²) in [7, 11) is 1.63. The van der Waals surface area contributed by atoms with Crippen LogP contribution >= 0.6 is 0 Å². The number of benzene rings is 1. The molecule has 1 fully saturated rings. The summed E-state index contributed by atoms with van der Waals surface area (Å²) in [4.78, 5) is 14.4. The lowest BCUT2D eigenvalue weighted by atomic mass is 10.1. The normalized spacial score (nSPS) is 16.6. The van der Waals surface area contributed by atoms with Crippen molar-refractivity contribution in [1.29, 1.82) is 0 Å². The number of carbonyl (C=O) groups excluding carboxylic acids is 1. The number of likely N-dealkylation sites (tertiary alicyclic amines) is 1. The van der Waals surface area contributed by atoms with Crippen molar-refractivity contribution in [2.75, 3.05) is 20.2 Å². The SMILES string of the molecule is CC[C@H](Oc1ccc(OC)cc1)C(=O)N1CCCCC1. The van der Waals surface area contributed by atoms with E-state index in [2.05, 4.69) is 0 Å². The highest BCUT2D eigenvalue weighted by molar-refractivity contribution is 5.81. The van der Waals surface area contributed by atoms with Gasteiger partial charge in [0.2, 0.25) is 0 Å². The van der Waals surface area contributed by atoms with Gasteiger partial charge in [0.1, 0.15) is 11.5 Å². The number of carbonyl (C=O) groups is 1. The number of piperidine rings is 1. The second kappa shape index (κ2) is 7.17. The quantitative estimate of drug-likeness (QED) is 0.830. The van der Waals surface area contributed by atoms with Crippen molar-refractivity contribution in [3.8, 4) is 11.5 Å². The summed E-state index contributed by atoms with van der Waals surface area (Å²) in [5, 5.41) is 0. The largest absolute Gasteiger partial charge is 0.497 e. The molecule has 4 heteroatoms. The molecule has 0 aliphatic carbocycles. The molecule has 2 rings (SSSR count). The number of methoxy groups -OCH3 is 1. The van der Waals surface area contributed by atoms with E-state index in [4.69, 9.17) is 9.47 Å². The predicted octanol–water partition coefficient (Wildman–Crippen LogP) is 2.87. The third-order valence-corrected chi connectivity index (χ3v) is 3.65. The Labute approximate surface area is 120 Å². The van der Waals surface area contributed by atoms with E-state index < -0.39 is 0 Å². The highest BCUT2D eigenvalue weighted by Gasteiger charge is 2.25. The first-order valence-electron chi connectivity index (χ1n) is 7.34. The maximum absolute atomic E-state index is 12.4. The van der Waals surface area contributed by atoms with Crippen LogP contribution in [0.25, 0.3) is 0 Å². The molecule has 0 aromatic heterocycles. The maximum atomic E-state index is 12.4. The first kappa shape index (κ1) is 14.7. The van der Waals surface area contributed by atoms with Gasteiger partial charge in [0, 0.05) is 13.1 Å². The molecule has 1 aliphatic heterocycles. The molecule has 1 heterocycles. The lowest BCUT2D eigenvalue weighted by Crippen LogP contribution is -2.44. The molecule has 0 N–H and O–H groups in total. The number of nitrogens with zero attached hydrogens (tertiary/aromatic N) is 1. The minimum Gasteiger partial charge on any atom is -0.497 e. The number of hydrogen-bond acceptors (Lipinski definition) is 3. The third kappa shape index (κ3) is 3.65. The summed E-state index contributed by atoms with van der Waals surface area (Å²) in [6, 6.07) is 7.36. The van der Waals surface area contributed by atoms with Gasteiger partial charge in [-0.3, -0.25) is 4.79 Å². The summed E-state index contributed by atoms with van der Waals surface area (Å²) in [5.41, 5.74) is 0. The molecule has 1 aromatic carbocycles. The van der Waals surface area contributed by atoms with Crippen LogP contribution in [0.5, 0.6) is 11.5 Å². The molecule has 110 valence electrons. The van der Waals surface area contributed by atoms with Crippen molar-refractivity contribution in [1.82, 2.24) is 4.90 Å². The van der Waals surface area contributed by atoms with Crippen LogP contribution in [0.3, 0.4) is 0 Å². The fraction of sp³-hybridized carbons (Fsp3) is 0.562. The average molecular weight is 277 g/mol. The van der Waals surface area contributed by atoms with Gasteiger partial charge in [0.25, 0.3) is 5.91 Å². The van der Waals surface area contributed by atoms with Crippen molar-refractivity contribution < 1.29 is 14.3 Å². The van der Waals surface area contributed by atoms with Crippen LogP contribution in [-0.4, -0.2) is 37.1 Å². The van der Waals surface area contributed by atoms with Crippen molar-refractivity contribution >= 4 is 5.91 Å². The first-order chi connectivity index (χ1) is 9.74. The summed E-state index contributed by atoms with van der Waals surface area (Å²) in [5.74, 6) is 1.61. The first-order valence-corrected chi connectivity index (χ1v) is 7.34. The highest BCUT2D eigenvalue weighted by atomic mass is 16.5. The fourth-order valence-electron chi connectivity index (χ4n) is 2.44. The van der Waals surface area contributed by atoms with Crippen LogP contribution in [0.15, 0.2) is 24.3 Å². The van der Waals surface area contributed by atoms with E-state index in [-0.39, 0.29) is 12.0 Å². The van der Waals surface area contributed by atoms with Gasteiger partial charge in [0.15, 0.2) is 6.10 Å². The van der Waals surface area contributed by atoms with Crippen LogP contribution in [0.2, 0.25) is 0 Å². The highest BCUT2D eigenvalue weighted by Crippen LogP contribution is 2.20. The number of rotatable bonds is 5. The minimum atomic E-state index is -0.388. The van der Waals surface area contributed by atoms with E-state index in [1.54, 1.807) is 7.11 Å². The van der Waals surface area contributed by atoms with Crippen LogP contribution in [0.4, 0.5) is 0 Å². The molecule has 0 unspecified atom stereocenters. The molecule has 0 radical (unpaired) electrons. The predicted molar refractivity (Wildman–Crippen MR) is 78.1 cm³/mol. The molecule has 1 saturated heterocycles. The third-order valence-electron chi connectivity index (χ3n) is 3.65. The number of amides is 1. The molecule has 1 aromatic rings. The molecular weight excluding hydrogens is 254 g/mol. The second-order valence-corrected chi connectivity index (χ2v) is 5.08. The fourth-order valence-corrected chi connectivity index (χ4v) is 2.44. The Hall–Kier alpha value is -1.71. The summed E-state index contributed by atoms with van der Waals surface area (Å²) < 4.78 is 10.9. The van der Waals surface area contributed by atoms with Crippen LogP contribution in [0, 0.1) is 0 Å². The van der Waals surface area contributed by atoms with Gasteiger partial charge in [0.05, 0.1) is 7.11 Å². The second-order valence-electron chi connectivity index (χ2n) is 5.08. The smallest absolute Gasteiger partial charge is 0.263 e. The van der Waals surface area contributed by atoms with E-state index in [0.29, 0.717) is 12.2 Å². The molecule has 1 atom stereocenters. The number of hydrogen-bond donors (Lipinski definition) is 0. The van der Waals surface area contributed by atoms with Crippen LogP contribution < -0.4 is 9.47 Å². The van der Waals surface area contributed by atoms with Gasteiger partial charge in [-0.05, 0) is 49.9 Å². The molecular formula is C16H23NO3. The maximum Gasteiger partial charge on any atom is 0.263 e. The van der Waals surface area contributed by atoms with Crippen molar-refractivity contribution in [2.24, 2.45) is 0 Å². The van der Waals surface area contributed by atoms with Gasteiger partial charge in [-0.2, -0.15) is 0 Å². The standard InChI is InChI=1S/C16H23NO3/c1-3-15(16(18)17-11-5-4-6-12-17)20-14-9-7-13(19-2)8-10-14/h7-10,15H,3-6,11-12H2,1-2H3/t15-/m0/s1. The van der Waals surface area contributed by atoms with E-state index in [9.17, 15) is 4.79 Å². The Morgan fingerprint density at radius 1 is 1.15 bits per heavy atom. The molecule has 20 heavy (non-hydrogen) atoms. The Morgan fingerprint density at radius 2 is 1.75 bits per heavy atom. The van der Waals surface area contributed by atoms with Crippen LogP contribution in [-0.2, 0) is 4.79 Å². The summed E-state index contributed by atoms with van der Waals surface area (Å²) in [6.45, 7) is 3.71. The van der Waals surface area contributed by atoms with Crippen LogP contribution in [0.1, 0.15) is 32.6 Å². The molecule has 4 nitrogen and oxygen atoms in total. The van der Waals surface area contributed by atoms with Gasteiger partial charge in [-0.1, -0.05) is 6.92 Å². The Balaban J connectivity index is 1.97. The topological polar surface area (TPSA) is 38.8 Å². The zero-order valence-corrected chi connectivity index (χ0v) is 12.3. The lowest BCUT2D eigenvalue weighted by Gasteiger charge is -2.30. The molecule has 0 bridgehead atoms. The van der Waals surface area contributed by atoms with E-state index >= 15 is 0 Å². The van der Waals surface area contributed by atoms with Gasteiger partial charge in [-0.25, -0.2) is 0 Å². The zero-order chi connectivity index (χ0) is 14.4. The Kier molecular flexibility index (Phi) is 5.27. The van der Waals surface area contributed by atoms with E-state index in [1.807, 2.05) is 36.1 Å². The molecule has 1 aliphatic rings. The molecule has 1 amide bonds. The molecule has 0 saturated carbocycles. The van der Waals surface area contributed by atoms with Gasteiger partial charge < -0.3 is 14.4 Å². The average Bonchev–Trinajstić information content (AvgIpc) is 2.53. The van der Waals surface area contributed by atoms with E-state index in [0.717, 1.165) is 31.7 Å². The summed E-state index contributed by atoms with van der Waals surface area (Å²) >= 11 is 0. The van der Waals surface area contributed by atoms with Crippen molar-refractivity contribution in [3.63, 3.8) is 0 Å². The zero-order valence-electron chi connectivity index (χ0n) is 12.3. The lowest BCUT2D eigenvalue weighted by molar-refractivity contribution is -0.139. The monoisotopic (exact) mass is 277 g/mol. The van der Waals surface area contributed by atoms with E-state index in [1.165, 1.54) is 6.42 Å².